The molecule has 0 radical (unpaired) electrons. The number of hydrogen-bond donors (Lipinski definition) is 2. The molecule has 1 atom stereocenters. The number of aromatic nitrogens is 2. The van der Waals surface area contributed by atoms with Gasteiger partial charge in [-0.1, -0.05) is 6.92 Å². The normalized spacial score (nSPS) is 20.8. The van der Waals surface area contributed by atoms with Crippen molar-refractivity contribution in [2.45, 2.75) is 32.1 Å². The lowest BCUT2D eigenvalue weighted by atomic mass is 9.93. The van der Waals surface area contributed by atoms with Crippen molar-refractivity contribution in [3.63, 3.8) is 0 Å². The van der Waals surface area contributed by atoms with Gasteiger partial charge in [-0.3, -0.25) is 14.8 Å². The van der Waals surface area contributed by atoms with Crippen molar-refractivity contribution in [1.82, 2.24) is 20.4 Å². The SMILES string of the molecule is CCCNC(=O)CN1CCCC(c2cn[nH]c2)C1. The molecule has 1 amide bonds. The van der Waals surface area contributed by atoms with Crippen LogP contribution in [0.5, 0.6) is 0 Å². The van der Waals surface area contributed by atoms with E-state index in [1.807, 2.05) is 12.4 Å². The number of amides is 1. The average molecular weight is 250 g/mol. The number of H-pyrrole nitrogens is 1. The summed E-state index contributed by atoms with van der Waals surface area (Å²) >= 11 is 0. The lowest BCUT2D eigenvalue weighted by Gasteiger charge is -2.31. The van der Waals surface area contributed by atoms with E-state index in [-0.39, 0.29) is 5.91 Å². The van der Waals surface area contributed by atoms with E-state index in [9.17, 15) is 4.79 Å². The second-order valence-electron chi connectivity index (χ2n) is 4.96. The van der Waals surface area contributed by atoms with Crippen LogP contribution in [0.25, 0.3) is 0 Å². The molecule has 1 aliphatic heterocycles. The Balaban J connectivity index is 1.81. The number of hydrogen-bond acceptors (Lipinski definition) is 3. The molecule has 0 aromatic carbocycles. The molecule has 2 N–H and O–H groups in total. The second kappa shape index (κ2) is 6.54. The van der Waals surface area contributed by atoms with Crippen molar-refractivity contribution >= 4 is 5.91 Å². The first kappa shape index (κ1) is 13.1. The molecule has 0 spiro atoms. The summed E-state index contributed by atoms with van der Waals surface area (Å²) in [6, 6.07) is 0. The van der Waals surface area contributed by atoms with Gasteiger partial charge in [-0.25, -0.2) is 0 Å². The highest BCUT2D eigenvalue weighted by Gasteiger charge is 2.23. The number of nitrogens with zero attached hydrogens (tertiary/aromatic N) is 2. The summed E-state index contributed by atoms with van der Waals surface area (Å²) in [6.07, 6.45) is 7.18. The van der Waals surface area contributed by atoms with Crippen LogP contribution in [0.4, 0.5) is 0 Å². The Labute approximate surface area is 108 Å². The smallest absolute Gasteiger partial charge is 0.234 e. The fourth-order valence-corrected chi connectivity index (χ4v) is 2.48. The van der Waals surface area contributed by atoms with E-state index in [0.717, 1.165) is 32.5 Å². The molecule has 2 heterocycles. The molecule has 1 aromatic heterocycles. The molecule has 1 unspecified atom stereocenters. The van der Waals surface area contributed by atoms with Crippen molar-refractivity contribution in [3.8, 4) is 0 Å². The van der Waals surface area contributed by atoms with Gasteiger partial charge in [0.25, 0.3) is 0 Å². The van der Waals surface area contributed by atoms with Crippen LogP contribution < -0.4 is 5.32 Å². The molecule has 0 saturated carbocycles. The van der Waals surface area contributed by atoms with Crippen molar-refractivity contribution in [1.29, 1.82) is 0 Å². The van der Waals surface area contributed by atoms with Crippen molar-refractivity contribution < 1.29 is 4.79 Å². The van der Waals surface area contributed by atoms with E-state index in [1.54, 1.807) is 0 Å². The third-order valence-corrected chi connectivity index (χ3v) is 3.44. The highest BCUT2D eigenvalue weighted by Crippen LogP contribution is 2.25. The molecule has 0 bridgehead atoms. The van der Waals surface area contributed by atoms with E-state index >= 15 is 0 Å². The van der Waals surface area contributed by atoms with Crippen LogP contribution in [0.1, 0.15) is 37.7 Å². The average Bonchev–Trinajstić information content (AvgIpc) is 2.90. The molecular weight excluding hydrogens is 228 g/mol. The van der Waals surface area contributed by atoms with Gasteiger partial charge in [0, 0.05) is 19.3 Å². The molecule has 100 valence electrons. The second-order valence-corrected chi connectivity index (χ2v) is 4.96. The Morgan fingerprint density at radius 2 is 2.56 bits per heavy atom. The van der Waals surface area contributed by atoms with Gasteiger partial charge in [0.2, 0.25) is 5.91 Å². The highest BCUT2D eigenvalue weighted by molar-refractivity contribution is 5.77. The predicted molar refractivity (Wildman–Crippen MR) is 70.3 cm³/mol. The monoisotopic (exact) mass is 250 g/mol. The van der Waals surface area contributed by atoms with Gasteiger partial charge in [0.05, 0.1) is 12.7 Å². The number of aromatic amines is 1. The predicted octanol–water partition coefficient (Wildman–Crippen LogP) is 1.12. The standard InChI is InChI=1S/C13H22N4O/c1-2-5-14-13(18)10-17-6-3-4-11(9-17)12-7-15-16-8-12/h7-8,11H,2-6,9-10H2,1H3,(H,14,18)(H,15,16). The van der Waals surface area contributed by atoms with Gasteiger partial charge >= 0.3 is 0 Å². The number of piperidine rings is 1. The van der Waals surface area contributed by atoms with Crippen LogP contribution in [0.15, 0.2) is 12.4 Å². The molecule has 1 aromatic rings. The summed E-state index contributed by atoms with van der Waals surface area (Å²) < 4.78 is 0. The Morgan fingerprint density at radius 1 is 1.67 bits per heavy atom. The molecule has 2 rings (SSSR count). The van der Waals surface area contributed by atoms with Crippen LogP contribution in [-0.2, 0) is 4.79 Å². The Kier molecular flexibility index (Phi) is 4.75. The van der Waals surface area contributed by atoms with Crippen LogP contribution >= 0.6 is 0 Å². The van der Waals surface area contributed by atoms with Gasteiger partial charge in [0.15, 0.2) is 0 Å². The highest BCUT2D eigenvalue weighted by atomic mass is 16.2. The largest absolute Gasteiger partial charge is 0.355 e. The van der Waals surface area contributed by atoms with Gasteiger partial charge in [-0.15, -0.1) is 0 Å². The minimum absolute atomic E-state index is 0.143. The number of nitrogens with one attached hydrogen (secondary N) is 2. The fraction of sp³-hybridized carbons (Fsp3) is 0.692. The molecule has 1 fully saturated rings. The fourth-order valence-electron chi connectivity index (χ4n) is 2.48. The van der Waals surface area contributed by atoms with E-state index in [4.69, 9.17) is 0 Å². The maximum atomic E-state index is 11.7. The molecule has 1 aliphatic rings. The zero-order chi connectivity index (χ0) is 12.8. The van der Waals surface area contributed by atoms with Crippen LogP contribution in [-0.4, -0.2) is 47.2 Å². The van der Waals surface area contributed by atoms with Gasteiger partial charge in [-0.2, -0.15) is 5.10 Å². The first-order valence-corrected chi connectivity index (χ1v) is 6.77. The summed E-state index contributed by atoms with van der Waals surface area (Å²) in [7, 11) is 0. The molecule has 5 nitrogen and oxygen atoms in total. The Morgan fingerprint density at radius 3 is 3.28 bits per heavy atom. The topological polar surface area (TPSA) is 61.0 Å². The number of carbonyl (C=O) groups excluding carboxylic acids is 1. The summed E-state index contributed by atoms with van der Waals surface area (Å²) in [6.45, 7) is 5.34. The van der Waals surface area contributed by atoms with E-state index < -0.39 is 0 Å². The first-order valence-electron chi connectivity index (χ1n) is 6.77. The zero-order valence-corrected chi connectivity index (χ0v) is 11.0. The quantitative estimate of drug-likeness (QED) is 0.823. The number of rotatable bonds is 5. The van der Waals surface area contributed by atoms with E-state index in [1.165, 1.54) is 12.0 Å². The van der Waals surface area contributed by atoms with Gasteiger partial charge < -0.3 is 5.32 Å². The first-order chi connectivity index (χ1) is 8.79. The minimum atomic E-state index is 0.143. The molecule has 5 heteroatoms. The third-order valence-electron chi connectivity index (χ3n) is 3.44. The maximum absolute atomic E-state index is 11.7. The van der Waals surface area contributed by atoms with Crippen molar-refractivity contribution in [2.24, 2.45) is 0 Å². The molecule has 18 heavy (non-hydrogen) atoms. The van der Waals surface area contributed by atoms with Gasteiger partial charge in [0.1, 0.15) is 0 Å². The van der Waals surface area contributed by atoms with Crippen molar-refractivity contribution in [3.05, 3.63) is 18.0 Å². The van der Waals surface area contributed by atoms with Gasteiger partial charge in [-0.05, 0) is 37.3 Å². The van der Waals surface area contributed by atoms with E-state index in [0.29, 0.717) is 12.5 Å². The maximum Gasteiger partial charge on any atom is 0.234 e. The molecular formula is C13H22N4O. The lowest BCUT2D eigenvalue weighted by Crippen LogP contribution is -2.42. The van der Waals surface area contributed by atoms with Crippen molar-refractivity contribution in [2.75, 3.05) is 26.2 Å². The summed E-state index contributed by atoms with van der Waals surface area (Å²) in [4.78, 5) is 13.9. The van der Waals surface area contributed by atoms with Crippen LogP contribution in [0.2, 0.25) is 0 Å². The minimum Gasteiger partial charge on any atom is -0.355 e. The van der Waals surface area contributed by atoms with Crippen LogP contribution in [0.3, 0.4) is 0 Å². The Hall–Kier alpha value is -1.36. The van der Waals surface area contributed by atoms with E-state index in [2.05, 4.69) is 27.3 Å². The number of carbonyl (C=O) groups is 1. The molecule has 0 aliphatic carbocycles. The lowest BCUT2D eigenvalue weighted by molar-refractivity contribution is -0.122. The Bertz CT molecular complexity index is 363. The third kappa shape index (κ3) is 3.57. The summed E-state index contributed by atoms with van der Waals surface area (Å²) in [5, 5.41) is 9.79. The summed E-state index contributed by atoms with van der Waals surface area (Å²) in [5.41, 5.74) is 1.26. The van der Waals surface area contributed by atoms with Crippen LogP contribution in [0, 0.1) is 0 Å². The summed E-state index contributed by atoms with van der Waals surface area (Å²) in [5.74, 6) is 0.654. The zero-order valence-electron chi connectivity index (χ0n) is 11.0. The number of likely N-dealkylation sites (tertiary alicyclic amines) is 1. The molecule has 1 saturated heterocycles.